The van der Waals surface area contributed by atoms with E-state index < -0.39 is 12.0 Å². The molecule has 0 bridgehead atoms. The number of nitrogens with zero attached hydrogens (tertiary/aromatic N) is 1. The molecule has 0 saturated carbocycles. The van der Waals surface area contributed by atoms with E-state index in [1.54, 1.807) is 11.3 Å². The van der Waals surface area contributed by atoms with Crippen molar-refractivity contribution in [2.24, 2.45) is 0 Å². The van der Waals surface area contributed by atoms with Crippen LogP contribution in [0.15, 0.2) is 10.5 Å². The Balaban J connectivity index is 3.06. The minimum absolute atomic E-state index is 0.523. The van der Waals surface area contributed by atoms with Gasteiger partial charge in [0.25, 0.3) is 0 Å². The van der Waals surface area contributed by atoms with E-state index in [0.29, 0.717) is 0 Å². The lowest BCUT2D eigenvalue weighted by atomic mass is 10.2. The molecule has 1 rings (SSSR count). The van der Waals surface area contributed by atoms with Crippen molar-refractivity contribution in [3.05, 3.63) is 20.3 Å². The molecule has 1 aromatic heterocycles. The van der Waals surface area contributed by atoms with Gasteiger partial charge in [0.2, 0.25) is 0 Å². The highest BCUT2D eigenvalue weighted by Gasteiger charge is 2.27. The van der Waals surface area contributed by atoms with E-state index in [2.05, 4.69) is 15.9 Å². The molecule has 0 spiro atoms. The Morgan fingerprint density at radius 2 is 2.12 bits per heavy atom. The molecule has 0 fully saturated rings. The zero-order valence-electron chi connectivity index (χ0n) is 9.66. The number of aryl methyl sites for hydroxylation is 1. The third-order valence-electron chi connectivity index (χ3n) is 2.56. The Labute approximate surface area is 108 Å². The fourth-order valence-electron chi connectivity index (χ4n) is 1.66. The molecular formula is C11H16BrNO2S. The number of thiophene rings is 1. The molecule has 90 valence electrons. The molecule has 1 atom stereocenters. The lowest BCUT2D eigenvalue weighted by Gasteiger charge is -2.25. The van der Waals surface area contributed by atoms with Crippen molar-refractivity contribution in [2.45, 2.75) is 26.8 Å². The number of hydrogen-bond donors (Lipinski definition) is 1. The molecule has 3 nitrogen and oxygen atoms in total. The molecule has 0 radical (unpaired) electrons. The predicted molar refractivity (Wildman–Crippen MR) is 70.1 cm³/mol. The summed E-state index contributed by atoms with van der Waals surface area (Å²) in [6, 6.07) is 1.39. The second kappa shape index (κ2) is 5.80. The van der Waals surface area contributed by atoms with Crippen LogP contribution < -0.4 is 0 Å². The molecule has 0 saturated heterocycles. The number of carboxylic acid groups (broad SMARTS) is 1. The number of likely N-dealkylation sites (N-methyl/N-ethyl adjacent to an activating group) is 1. The maximum atomic E-state index is 11.3. The first-order chi connectivity index (χ1) is 7.51. The maximum absolute atomic E-state index is 11.3. The monoisotopic (exact) mass is 305 g/mol. The number of carboxylic acids is 1. The molecule has 16 heavy (non-hydrogen) atoms. The summed E-state index contributed by atoms with van der Waals surface area (Å²) in [5, 5.41) is 9.31. The van der Waals surface area contributed by atoms with Crippen molar-refractivity contribution >= 4 is 33.2 Å². The number of carbonyl (C=O) groups is 1. The van der Waals surface area contributed by atoms with Crippen LogP contribution in [0.4, 0.5) is 0 Å². The van der Waals surface area contributed by atoms with Crippen molar-refractivity contribution < 1.29 is 9.90 Å². The number of hydrogen-bond acceptors (Lipinski definition) is 3. The summed E-state index contributed by atoms with van der Waals surface area (Å²) in [6.45, 7) is 7.42. The third-order valence-corrected chi connectivity index (χ3v) is 4.75. The van der Waals surface area contributed by atoms with Gasteiger partial charge in [-0.15, -0.1) is 11.3 Å². The highest BCUT2D eigenvalue weighted by Crippen LogP contribution is 2.33. The Morgan fingerprint density at radius 3 is 2.44 bits per heavy atom. The van der Waals surface area contributed by atoms with Crippen LogP contribution in [0.25, 0.3) is 0 Å². The van der Waals surface area contributed by atoms with Crippen LogP contribution in [0.2, 0.25) is 0 Å². The number of aliphatic carboxylic acids is 1. The molecule has 0 aromatic carbocycles. The normalized spacial score (nSPS) is 13.1. The number of rotatable bonds is 5. The van der Waals surface area contributed by atoms with Gasteiger partial charge in [0.1, 0.15) is 6.04 Å². The standard InChI is InChI=1S/C11H16BrNO2S/c1-4-13(5-2)10(11(14)15)9-6-8(12)7(3)16-9/h6,10H,4-5H2,1-3H3,(H,14,15). The van der Waals surface area contributed by atoms with Gasteiger partial charge in [-0.3, -0.25) is 9.69 Å². The quantitative estimate of drug-likeness (QED) is 0.907. The van der Waals surface area contributed by atoms with Crippen LogP contribution in [0.5, 0.6) is 0 Å². The molecule has 0 amide bonds. The first-order valence-corrected chi connectivity index (χ1v) is 6.84. The van der Waals surface area contributed by atoms with E-state index in [1.165, 1.54) is 0 Å². The van der Waals surface area contributed by atoms with E-state index in [4.69, 9.17) is 0 Å². The van der Waals surface area contributed by atoms with Crippen molar-refractivity contribution in [3.63, 3.8) is 0 Å². The predicted octanol–water partition coefficient (Wildman–Crippen LogP) is 3.29. The van der Waals surface area contributed by atoms with Crippen LogP contribution in [0.1, 0.15) is 29.6 Å². The maximum Gasteiger partial charge on any atom is 0.326 e. The van der Waals surface area contributed by atoms with Gasteiger partial charge >= 0.3 is 5.97 Å². The molecular weight excluding hydrogens is 290 g/mol. The zero-order chi connectivity index (χ0) is 12.3. The summed E-state index contributed by atoms with van der Waals surface area (Å²) in [7, 11) is 0. The van der Waals surface area contributed by atoms with Gasteiger partial charge in [0, 0.05) is 14.2 Å². The van der Waals surface area contributed by atoms with Crippen LogP contribution in [0, 0.1) is 6.92 Å². The zero-order valence-corrected chi connectivity index (χ0v) is 12.1. The van der Waals surface area contributed by atoms with Gasteiger partial charge < -0.3 is 5.11 Å². The molecule has 5 heteroatoms. The van der Waals surface area contributed by atoms with Crippen molar-refractivity contribution in [3.8, 4) is 0 Å². The van der Waals surface area contributed by atoms with Crippen molar-refractivity contribution in [1.29, 1.82) is 0 Å². The van der Waals surface area contributed by atoms with Crippen molar-refractivity contribution in [2.75, 3.05) is 13.1 Å². The number of halogens is 1. The van der Waals surface area contributed by atoms with Crippen molar-refractivity contribution in [1.82, 2.24) is 4.90 Å². The van der Waals surface area contributed by atoms with Crippen LogP contribution >= 0.6 is 27.3 Å². The second-order valence-corrected chi connectivity index (χ2v) is 5.66. The summed E-state index contributed by atoms with van der Waals surface area (Å²) in [6.07, 6.45) is 0. The van der Waals surface area contributed by atoms with E-state index in [0.717, 1.165) is 27.3 Å². The highest BCUT2D eigenvalue weighted by atomic mass is 79.9. The smallest absolute Gasteiger partial charge is 0.326 e. The van der Waals surface area contributed by atoms with E-state index in [9.17, 15) is 9.90 Å². The Bertz CT molecular complexity index is 355. The third kappa shape index (κ3) is 2.84. The Kier molecular flexibility index (Phi) is 4.95. The molecule has 0 aliphatic rings. The molecule has 1 heterocycles. The average molecular weight is 306 g/mol. The van der Waals surface area contributed by atoms with Crippen LogP contribution in [-0.4, -0.2) is 29.1 Å². The lowest BCUT2D eigenvalue weighted by Crippen LogP contribution is -2.33. The van der Waals surface area contributed by atoms with Crippen LogP contribution in [-0.2, 0) is 4.79 Å². The van der Waals surface area contributed by atoms with Gasteiger partial charge in [0.05, 0.1) is 0 Å². The first-order valence-electron chi connectivity index (χ1n) is 5.23. The van der Waals surface area contributed by atoms with Gasteiger partial charge in [-0.1, -0.05) is 13.8 Å². The van der Waals surface area contributed by atoms with Gasteiger partial charge in [0.15, 0.2) is 0 Å². The minimum atomic E-state index is -0.780. The fourth-order valence-corrected chi connectivity index (χ4v) is 3.35. The molecule has 0 aliphatic carbocycles. The molecule has 0 aliphatic heterocycles. The SMILES string of the molecule is CCN(CC)C(C(=O)O)c1cc(Br)c(C)s1. The second-order valence-electron chi connectivity index (χ2n) is 3.51. The van der Waals surface area contributed by atoms with Gasteiger partial charge in [-0.25, -0.2) is 0 Å². The summed E-state index contributed by atoms with van der Waals surface area (Å²) in [4.78, 5) is 15.3. The largest absolute Gasteiger partial charge is 0.480 e. The fraction of sp³-hybridized carbons (Fsp3) is 0.545. The van der Waals surface area contributed by atoms with E-state index in [-0.39, 0.29) is 0 Å². The van der Waals surface area contributed by atoms with Crippen LogP contribution in [0.3, 0.4) is 0 Å². The summed E-state index contributed by atoms with van der Waals surface area (Å²) in [5.41, 5.74) is 0. The molecule has 1 unspecified atom stereocenters. The summed E-state index contributed by atoms with van der Waals surface area (Å²) < 4.78 is 0.992. The topological polar surface area (TPSA) is 40.5 Å². The minimum Gasteiger partial charge on any atom is -0.480 e. The Morgan fingerprint density at radius 1 is 1.56 bits per heavy atom. The first kappa shape index (κ1) is 13.7. The molecule has 1 N–H and O–H groups in total. The van der Waals surface area contributed by atoms with E-state index >= 15 is 0 Å². The molecule has 1 aromatic rings. The summed E-state index contributed by atoms with van der Waals surface area (Å²) in [5.74, 6) is -0.780. The average Bonchev–Trinajstić information content (AvgIpc) is 2.54. The summed E-state index contributed by atoms with van der Waals surface area (Å²) >= 11 is 4.97. The highest BCUT2D eigenvalue weighted by molar-refractivity contribution is 9.10. The Hall–Kier alpha value is -0.390. The van der Waals surface area contributed by atoms with E-state index in [1.807, 2.05) is 31.7 Å². The lowest BCUT2D eigenvalue weighted by molar-refractivity contribution is -0.143. The van der Waals surface area contributed by atoms with Gasteiger partial charge in [-0.2, -0.15) is 0 Å². The van der Waals surface area contributed by atoms with Gasteiger partial charge in [-0.05, 0) is 42.0 Å².